The molecule has 0 spiro atoms. The van der Waals surface area contributed by atoms with Crippen LogP contribution in [0.4, 0.5) is 5.69 Å². The van der Waals surface area contributed by atoms with Gasteiger partial charge in [-0.2, -0.15) is 0 Å². The van der Waals surface area contributed by atoms with E-state index in [1.54, 1.807) is 6.07 Å². The summed E-state index contributed by atoms with van der Waals surface area (Å²) in [5.41, 5.74) is 3.58. The number of hydrogen-bond donors (Lipinski definition) is 1. The normalized spacial score (nSPS) is 16.5. The molecule has 2 heterocycles. The van der Waals surface area contributed by atoms with Gasteiger partial charge in [-0.15, -0.1) is 0 Å². The molecule has 0 saturated heterocycles. The average molecular weight is 347 g/mol. The molecule has 132 valence electrons. The molecule has 0 bridgehead atoms. The minimum absolute atomic E-state index is 0.0661. The number of H-pyrrole nitrogens is 1. The number of para-hydroxylation sites is 1. The van der Waals surface area contributed by atoms with Crippen LogP contribution in [-0.4, -0.2) is 21.9 Å². The molecule has 0 saturated carbocycles. The smallest absolute Gasteiger partial charge is 0.258 e. The Bertz CT molecular complexity index is 1070. The number of anilines is 1. The van der Waals surface area contributed by atoms with E-state index in [0.717, 1.165) is 16.8 Å². The van der Waals surface area contributed by atoms with Gasteiger partial charge in [0.25, 0.3) is 5.56 Å². The van der Waals surface area contributed by atoms with Crippen molar-refractivity contribution in [2.75, 3.05) is 4.90 Å². The lowest BCUT2D eigenvalue weighted by Crippen LogP contribution is -2.35. The van der Waals surface area contributed by atoms with Gasteiger partial charge < -0.3 is 9.88 Å². The molecule has 2 aromatic carbocycles. The first-order chi connectivity index (χ1) is 12.5. The monoisotopic (exact) mass is 347 g/mol. The number of aryl methyl sites for hydroxylation is 1. The van der Waals surface area contributed by atoms with Gasteiger partial charge in [0.05, 0.1) is 16.8 Å². The van der Waals surface area contributed by atoms with Crippen LogP contribution in [0.1, 0.15) is 36.7 Å². The van der Waals surface area contributed by atoms with Gasteiger partial charge in [0.15, 0.2) is 0 Å². The summed E-state index contributed by atoms with van der Waals surface area (Å²) in [5, 5.41) is 0.564. The number of aromatic amines is 1. The number of carbonyl (C=O) groups excluding carboxylic acids is 1. The topological polar surface area (TPSA) is 66.1 Å². The molecule has 1 amide bonds. The summed E-state index contributed by atoms with van der Waals surface area (Å²) >= 11 is 0. The highest BCUT2D eigenvalue weighted by atomic mass is 16.2. The molecule has 1 aliphatic rings. The van der Waals surface area contributed by atoms with E-state index in [1.165, 1.54) is 0 Å². The van der Waals surface area contributed by atoms with Crippen LogP contribution in [0.3, 0.4) is 0 Å². The fourth-order valence-electron chi connectivity index (χ4n) is 3.75. The van der Waals surface area contributed by atoms with Crippen LogP contribution >= 0.6 is 0 Å². The van der Waals surface area contributed by atoms with Gasteiger partial charge in [-0.05, 0) is 44.5 Å². The number of rotatable bonds is 3. The first-order valence-corrected chi connectivity index (χ1v) is 8.87. The molecule has 1 aliphatic heterocycles. The average Bonchev–Trinajstić information content (AvgIpc) is 2.87. The van der Waals surface area contributed by atoms with E-state index in [0.29, 0.717) is 23.1 Å². The zero-order chi connectivity index (χ0) is 18.4. The van der Waals surface area contributed by atoms with Crippen LogP contribution in [0.5, 0.6) is 0 Å². The van der Waals surface area contributed by atoms with E-state index in [1.807, 2.05) is 56.0 Å². The van der Waals surface area contributed by atoms with Gasteiger partial charge in [0, 0.05) is 18.2 Å². The van der Waals surface area contributed by atoms with Gasteiger partial charge in [-0.1, -0.05) is 29.8 Å². The van der Waals surface area contributed by atoms with Crippen molar-refractivity contribution in [2.24, 2.45) is 0 Å². The lowest BCUT2D eigenvalue weighted by molar-refractivity contribution is -0.119. The van der Waals surface area contributed by atoms with Crippen molar-refractivity contribution in [1.82, 2.24) is 9.97 Å². The lowest BCUT2D eigenvalue weighted by Gasteiger charge is -2.22. The summed E-state index contributed by atoms with van der Waals surface area (Å²) in [7, 11) is 0. The first kappa shape index (κ1) is 16.5. The molecule has 0 fully saturated rings. The van der Waals surface area contributed by atoms with E-state index in [2.05, 4.69) is 16.0 Å². The van der Waals surface area contributed by atoms with Gasteiger partial charge in [-0.3, -0.25) is 9.59 Å². The summed E-state index contributed by atoms with van der Waals surface area (Å²) in [6.07, 6.45) is 0.387. The number of hydrogen-bond acceptors (Lipinski definition) is 3. The van der Waals surface area contributed by atoms with E-state index in [4.69, 9.17) is 0 Å². The Hall–Kier alpha value is -2.95. The second kappa shape index (κ2) is 6.09. The van der Waals surface area contributed by atoms with Crippen molar-refractivity contribution in [3.8, 4) is 0 Å². The van der Waals surface area contributed by atoms with Gasteiger partial charge in [0.2, 0.25) is 5.91 Å². The quantitative estimate of drug-likeness (QED) is 0.790. The maximum Gasteiger partial charge on any atom is 0.258 e. The van der Waals surface area contributed by atoms with Crippen molar-refractivity contribution < 1.29 is 4.79 Å². The third-order valence-corrected chi connectivity index (χ3v) is 4.93. The number of benzene rings is 2. The van der Waals surface area contributed by atoms with E-state index in [-0.39, 0.29) is 23.4 Å². The summed E-state index contributed by atoms with van der Waals surface area (Å²) in [5.74, 6) is 0.290. The molecular formula is C21H21N3O2. The molecule has 1 aromatic heterocycles. The molecule has 0 aliphatic carbocycles. The molecule has 5 heteroatoms. The third-order valence-electron chi connectivity index (χ3n) is 4.93. The molecule has 1 unspecified atom stereocenters. The number of nitrogens with one attached hydrogen (secondary N) is 1. The predicted octanol–water partition coefficient (Wildman–Crippen LogP) is 3.31. The number of fused-ring (bicyclic) bond motifs is 2. The zero-order valence-corrected chi connectivity index (χ0v) is 15.1. The van der Waals surface area contributed by atoms with Gasteiger partial charge >= 0.3 is 0 Å². The number of amides is 1. The lowest BCUT2D eigenvalue weighted by atomic mass is 9.95. The van der Waals surface area contributed by atoms with E-state index < -0.39 is 0 Å². The number of carbonyl (C=O) groups is 1. The Labute approximate surface area is 151 Å². The predicted molar refractivity (Wildman–Crippen MR) is 103 cm³/mol. The summed E-state index contributed by atoms with van der Waals surface area (Å²) in [6.45, 7) is 6.05. The fraction of sp³-hybridized carbons (Fsp3) is 0.286. The third kappa shape index (κ3) is 2.60. The molecule has 5 nitrogen and oxygen atoms in total. The Kier molecular flexibility index (Phi) is 3.87. The fourth-order valence-corrected chi connectivity index (χ4v) is 3.75. The number of nitrogens with zero attached hydrogens (tertiary/aromatic N) is 2. The molecular weight excluding hydrogens is 326 g/mol. The SMILES string of the molecule is Cc1ccc2c(c1)C(Cc1nc3ccccc3c(=O)[nH]1)C(=O)N2C(C)C. The second-order valence-corrected chi connectivity index (χ2v) is 7.15. The van der Waals surface area contributed by atoms with Crippen LogP contribution in [0.15, 0.2) is 47.3 Å². The molecule has 1 N–H and O–H groups in total. The highest BCUT2D eigenvalue weighted by molar-refractivity contribution is 6.05. The molecule has 3 aromatic rings. The maximum atomic E-state index is 13.1. The van der Waals surface area contributed by atoms with Crippen LogP contribution < -0.4 is 10.5 Å². The van der Waals surface area contributed by atoms with E-state index in [9.17, 15) is 9.59 Å². The first-order valence-electron chi connectivity index (χ1n) is 8.87. The molecule has 1 atom stereocenters. The minimum Gasteiger partial charge on any atom is -0.310 e. The van der Waals surface area contributed by atoms with Crippen molar-refractivity contribution in [2.45, 2.75) is 39.2 Å². The van der Waals surface area contributed by atoms with Crippen molar-refractivity contribution in [3.63, 3.8) is 0 Å². The Morgan fingerprint density at radius 2 is 1.92 bits per heavy atom. The summed E-state index contributed by atoms with van der Waals surface area (Å²) in [4.78, 5) is 34.7. The van der Waals surface area contributed by atoms with Crippen molar-refractivity contribution in [3.05, 3.63) is 69.8 Å². The van der Waals surface area contributed by atoms with E-state index >= 15 is 0 Å². The van der Waals surface area contributed by atoms with Crippen molar-refractivity contribution >= 4 is 22.5 Å². The molecule has 4 rings (SSSR count). The Morgan fingerprint density at radius 3 is 2.69 bits per heavy atom. The zero-order valence-electron chi connectivity index (χ0n) is 15.1. The Balaban J connectivity index is 1.78. The standard InChI is InChI=1S/C21H21N3O2/c1-12(2)24-18-9-8-13(3)10-15(18)16(21(24)26)11-19-22-17-7-5-4-6-14(17)20(25)23-19/h4-10,12,16H,11H2,1-3H3,(H,22,23,25). The van der Waals surface area contributed by atoms with Crippen molar-refractivity contribution in [1.29, 1.82) is 0 Å². The highest BCUT2D eigenvalue weighted by Gasteiger charge is 2.38. The van der Waals surface area contributed by atoms with Crippen LogP contribution in [0, 0.1) is 6.92 Å². The summed E-state index contributed by atoms with van der Waals surface area (Å²) < 4.78 is 0. The van der Waals surface area contributed by atoms with Crippen LogP contribution in [-0.2, 0) is 11.2 Å². The van der Waals surface area contributed by atoms with Crippen LogP contribution in [0.25, 0.3) is 10.9 Å². The molecule has 0 radical (unpaired) electrons. The van der Waals surface area contributed by atoms with Gasteiger partial charge in [0.1, 0.15) is 5.82 Å². The highest BCUT2D eigenvalue weighted by Crippen LogP contribution is 2.40. The Morgan fingerprint density at radius 1 is 1.15 bits per heavy atom. The second-order valence-electron chi connectivity index (χ2n) is 7.15. The number of aromatic nitrogens is 2. The van der Waals surface area contributed by atoms with Gasteiger partial charge in [-0.25, -0.2) is 4.98 Å². The summed E-state index contributed by atoms with van der Waals surface area (Å²) in [6, 6.07) is 13.4. The van der Waals surface area contributed by atoms with Crippen LogP contribution in [0.2, 0.25) is 0 Å². The largest absolute Gasteiger partial charge is 0.310 e. The molecule has 26 heavy (non-hydrogen) atoms. The maximum absolute atomic E-state index is 13.1. The minimum atomic E-state index is -0.323.